The molecule has 2 aromatic rings. The number of hydrogen-bond donors (Lipinski definition) is 8. The van der Waals surface area contributed by atoms with Gasteiger partial charge in [-0.2, -0.15) is 0 Å². The van der Waals surface area contributed by atoms with Gasteiger partial charge in [0.2, 0.25) is 5.91 Å². The Bertz CT molecular complexity index is 2290. The molecule has 4 fully saturated rings. The van der Waals surface area contributed by atoms with Crippen LogP contribution in [0.15, 0.2) is 71.8 Å². The molecule has 2 bridgehead atoms. The number of benzene rings is 2. The van der Waals surface area contributed by atoms with Crippen molar-refractivity contribution in [3.8, 4) is 0 Å². The Morgan fingerprint density at radius 1 is 0.882 bits per heavy atom. The molecular weight excluding hydrogens is 893 g/mol. The van der Waals surface area contributed by atoms with Gasteiger partial charge in [-0.25, -0.2) is 9.59 Å². The van der Waals surface area contributed by atoms with Gasteiger partial charge in [-0.15, -0.1) is 0 Å². The van der Waals surface area contributed by atoms with Gasteiger partial charge >= 0.3 is 17.9 Å². The molecule has 0 radical (unpaired) electrons. The second-order valence-corrected chi connectivity index (χ2v) is 19.0. The van der Waals surface area contributed by atoms with E-state index in [1.54, 1.807) is 43.3 Å². The minimum absolute atomic E-state index is 0.00410. The van der Waals surface area contributed by atoms with Crippen LogP contribution in [0.3, 0.4) is 0 Å². The first-order chi connectivity index (χ1) is 32.0. The summed E-state index contributed by atoms with van der Waals surface area (Å²) < 4.78 is 36.5. The molecule has 2 unspecified atom stereocenters. The topological polar surface area (TPSA) is 303 Å². The van der Waals surface area contributed by atoms with Crippen LogP contribution in [0.25, 0.3) is 0 Å². The third kappa shape index (κ3) is 8.74. The second-order valence-electron chi connectivity index (χ2n) is 19.0. The minimum atomic E-state index is -2.51. The van der Waals surface area contributed by atoms with Gasteiger partial charge in [0.1, 0.15) is 54.5 Å². The van der Waals surface area contributed by atoms with Crippen LogP contribution in [0.4, 0.5) is 0 Å². The van der Waals surface area contributed by atoms with Crippen LogP contribution in [0.5, 0.6) is 0 Å². The van der Waals surface area contributed by atoms with E-state index in [-0.39, 0.29) is 35.1 Å². The molecule has 2 amide bonds. The van der Waals surface area contributed by atoms with E-state index in [0.717, 1.165) is 6.92 Å². The molecule has 2 aromatic carbocycles. The predicted molar refractivity (Wildman–Crippen MR) is 232 cm³/mol. The van der Waals surface area contributed by atoms with Gasteiger partial charge in [-0.05, 0) is 55.7 Å². The SMILES string of the molecule is CCCC(=O)N[C@H](NC(=O)c1ccccc1)[C@@H](O)C(=O)O[C@H]1C[C@@]2(O)C(OC(=O)c3ccccc3)C3[C@](C)(C(=O)[C@H](O)C(=C1C)C2(C)C)[C@@H](O[C@@H]1OC[C@H](O)[C@@H](O)[C@@H]1O)C[C@H]1OC[C@@]31OC(C)=O. The monoisotopic (exact) mass is 952 g/mol. The van der Waals surface area contributed by atoms with Crippen molar-refractivity contribution in [2.75, 3.05) is 13.2 Å². The van der Waals surface area contributed by atoms with Crippen LogP contribution >= 0.6 is 0 Å². The van der Waals surface area contributed by atoms with Gasteiger partial charge in [0.05, 0.1) is 36.2 Å². The maximum absolute atomic E-state index is 15.7. The molecule has 2 heterocycles. The second kappa shape index (κ2) is 19.3. The van der Waals surface area contributed by atoms with Crippen molar-refractivity contribution in [2.45, 2.75) is 146 Å². The molecule has 2 aliphatic heterocycles. The molecule has 0 aromatic heterocycles. The first-order valence-corrected chi connectivity index (χ1v) is 22.6. The average Bonchev–Trinajstić information content (AvgIpc) is 3.29. The van der Waals surface area contributed by atoms with E-state index in [1.165, 1.54) is 52.0 Å². The predicted octanol–water partition coefficient (Wildman–Crippen LogP) is 0.129. The van der Waals surface area contributed by atoms with Crippen LogP contribution in [0, 0.1) is 16.7 Å². The number of ether oxygens (including phenoxy) is 6. The van der Waals surface area contributed by atoms with Gasteiger partial charge in [0.15, 0.2) is 23.8 Å². The van der Waals surface area contributed by atoms with E-state index in [0.29, 0.717) is 6.42 Å². The van der Waals surface area contributed by atoms with Crippen molar-refractivity contribution in [1.29, 1.82) is 0 Å². The fourth-order valence-electron chi connectivity index (χ4n) is 10.8. The van der Waals surface area contributed by atoms with Crippen LogP contribution < -0.4 is 10.6 Å². The fourth-order valence-corrected chi connectivity index (χ4v) is 10.8. The lowest BCUT2D eigenvalue weighted by Gasteiger charge is -2.68. The summed E-state index contributed by atoms with van der Waals surface area (Å²) >= 11 is 0. The highest BCUT2D eigenvalue weighted by Gasteiger charge is 2.78. The van der Waals surface area contributed by atoms with E-state index in [1.807, 2.05) is 0 Å². The number of aliphatic hydroxyl groups is 6. The zero-order valence-corrected chi connectivity index (χ0v) is 38.5. The molecule has 2 saturated carbocycles. The third-order valence-electron chi connectivity index (χ3n) is 14.6. The van der Waals surface area contributed by atoms with Crippen molar-refractivity contribution >= 4 is 35.5 Å². The standard InChI is InChI=1S/C48H60N2O18/c1-7-14-31(53)49-40(50-41(59)25-15-10-8-11-16-25)36(57)43(61)65-28-20-48(62)39(67-42(60)26-17-12-9-13-18-26)37-46(6,38(58)34(55)32(23(28)2)45(48,4)5)29(19-30-47(37,22-64-30)68-24(3)51)66-44-35(56)33(54)27(52)21-63-44/h8-13,15-18,27-30,33-37,39-40,44,52,54-57,62H,7,14,19-22H2,1-6H3,(H,49,53)(H,50,59)/t27-,28-,29-,30+,33+,34+,35-,36+,37?,39?,40+,44-,46+,47-,48+/m0/s1. The number of nitrogens with one attached hydrogen (secondary N) is 2. The molecular formula is C48H60N2O18. The number of Topliss-reactive ketones (excluding diaryl/α,β-unsaturated/α-hetero) is 1. The summed E-state index contributed by atoms with van der Waals surface area (Å²) in [5.41, 5.74) is -8.32. The number of carbonyl (C=O) groups excluding carboxylic acids is 6. The molecule has 3 aliphatic carbocycles. The Morgan fingerprint density at radius 2 is 1.51 bits per heavy atom. The number of hydrogen-bond acceptors (Lipinski definition) is 18. The minimum Gasteiger partial charge on any atom is -0.456 e. The Labute approximate surface area is 391 Å². The lowest BCUT2D eigenvalue weighted by atomic mass is 9.44. The van der Waals surface area contributed by atoms with Gasteiger partial charge < -0.3 is 69.7 Å². The lowest BCUT2D eigenvalue weighted by Crippen LogP contribution is -2.82. The number of amides is 2. The van der Waals surface area contributed by atoms with Gasteiger partial charge in [-0.3, -0.25) is 19.2 Å². The van der Waals surface area contributed by atoms with Crippen LogP contribution in [-0.2, 0) is 47.6 Å². The summed E-state index contributed by atoms with van der Waals surface area (Å²) in [7, 11) is 0. The molecule has 7 rings (SSSR count). The van der Waals surface area contributed by atoms with Gasteiger partial charge in [0, 0.05) is 37.2 Å². The third-order valence-corrected chi connectivity index (χ3v) is 14.6. The number of aliphatic hydroxyl groups excluding tert-OH is 5. The normalized spacial score (nSPS) is 35.9. The van der Waals surface area contributed by atoms with E-state index in [4.69, 9.17) is 28.4 Å². The molecule has 8 N–H and O–H groups in total. The van der Waals surface area contributed by atoms with E-state index in [2.05, 4.69) is 10.6 Å². The Balaban J connectivity index is 1.36. The van der Waals surface area contributed by atoms with Crippen LogP contribution in [0.2, 0.25) is 0 Å². The van der Waals surface area contributed by atoms with Crippen molar-refractivity contribution in [3.05, 3.63) is 82.9 Å². The number of fused-ring (bicyclic) bond motifs is 5. The number of ketones is 1. The zero-order chi connectivity index (χ0) is 49.7. The summed E-state index contributed by atoms with van der Waals surface area (Å²) in [5, 5.41) is 74.7. The summed E-state index contributed by atoms with van der Waals surface area (Å²) in [6.45, 7) is 7.73. The summed E-state index contributed by atoms with van der Waals surface area (Å²) in [6, 6.07) is 15.4. The van der Waals surface area contributed by atoms with Crippen molar-refractivity contribution < 1.29 is 87.8 Å². The largest absolute Gasteiger partial charge is 0.456 e. The molecule has 20 nitrogen and oxygen atoms in total. The Morgan fingerprint density at radius 3 is 2.10 bits per heavy atom. The van der Waals surface area contributed by atoms with E-state index in [9.17, 15) is 54.6 Å². The molecule has 5 aliphatic rings. The van der Waals surface area contributed by atoms with Crippen LogP contribution in [0.1, 0.15) is 87.9 Å². The van der Waals surface area contributed by atoms with E-state index >= 15 is 4.79 Å². The number of esters is 3. The molecule has 0 spiro atoms. The maximum Gasteiger partial charge on any atom is 0.339 e. The number of rotatable bonds is 13. The maximum atomic E-state index is 15.7. The first kappa shape index (κ1) is 50.7. The zero-order valence-electron chi connectivity index (χ0n) is 38.5. The highest BCUT2D eigenvalue weighted by Crippen LogP contribution is 2.64. The Hall–Kier alpha value is -5.16. The quantitative estimate of drug-likeness (QED) is 0.0573. The van der Waals surface area contributed by atoms with Crippen LogP contribution in [-0.4, -0.2) is 158 Å². The molecule has 370 valence electrons. The van der Waals surface area contributed by atoms with E-state index < -0.39 is 150 Å². The van der Waals surface area contributed by atoms with Crippen molar-refractivity contribution in [2.24, 2.45) is 16.7 Å². The summed E-state index contributed by atoms with van der Waals surface area (Å²) in [4.78, 5) is 83.6. The Kier molecular flexibility index (Phi) is 14.4. The van der Waals surface area contributed by atoms with Gasteiger partial charge in [-0.1, -0.05) is 57.2 Å². The average molecular weight is 953 g/mol. The first-order valence-electron chi connectivity index (χ1n) is 22.6. The fraction of sp³-hybridized carbons (Fsp3) is 0.583. The molecule has 20 heteroatoms. The molecule has 68 heavy (non-hydrogen) atoms. The number of carbonyl (C=O) groups is 6. The smallest absolute Gasteiger partial charge is 0.339 e. The highest BCUT2D eigenvalue weighted by molar-refractivity contribution is 5.96. The highest BCUT2D eigenvalue weighted by atomic mass is 16.7. The van der Waals surface area contributed by atoms with Gasteiger partial charge in [0.25, 0.3) is 5.91 Å². The van der Waals surface area contributed by atoms with Crippen molar-refractivity contribution in [3.63, 3.8) is 0 Å². The summed E-state index contributed by atoms with van der Waals surface area (Å²) in [5.74, 6) is -7.32. The lowest BCUT2D eigenvalue weighted by molar-refractivity contribution is -0.366. The molecule has 15 atom stereocenters. The summed E-state index contributed by atoms with van der Waals surface area (Å²) in [6.07, 6.45) is -19.7. The molecule has 2 saturated heterocycles. The van der Waals surface area contributed by atoms with Crippen molar-refractivity contribution in [1.82, 2.24) is 10.6 Å².